The lowest BCUT2D eigenvalue weighted by Crippen LogP contribution is -2.41. The van der Waals surface area contributed by atoms with E-state index in [4.69, 9.17) is 14.0 Å². The van der Waals surface area contributed by atoms with E-state index in [1.54, 1.807) is 6.07 Å². The highest BCUT2D eigenvalue weighted by atomic mass is 16.7. The third kappa shape index (κ3) is 1.97. The van der Waals surface area contributed by atoms with Crippen LogP contribution in [0, 0.1) is 0 Å². The molecule has 0 radical (unpaired) electrons. The van der Waals surface area contributed by atoms with Gasteiger partial charge >= 0.3 is 13.1 Å². The minimum atomic E-state index is -0.397. The second kappa shape index (κ2) is 3.84. The van der Waals surface area contributed by atoms with Crippen LogP contribution in [0.2, 0.25) is 0 Å². The van der Waals surface area contributed by atoms with Crippen molar-refractivity contribution in [2.75, 3.05) is 0 Å². The first kappa shape index (κ1) is 12.7. The van der Waals surface area contributed by atoms with E-state index in [0.29, 0.717) is 12.2 Å². The van der Waals surface area contributed by atoms with Gasteiger partial charge in [-0.05, 0) is 39.2 Å². The maximum atomic E-state index is 11.3. The van der Waals surface area contributed by atoms with E-state index in [2.05, 4.69) is 0 Å². The molecule has 0 aromatic heterocycles. The third-order valence-corrected chi connectivity index (χ3v) is 4.17. The predicted octanol–water partition coefficient (Wildman–Crippen LogP) is 1.45. The molecule has 1 aromatic rings. The Hall–Kier alpha value is -1.33. The van der Waals surface area contributed by atoms with Crippen LogP contribution < -0.4 is 10.2 Å². The quantitative estimate of drug-likeness (QED) is 0.435. The van der Waals surface area contributed by atoms with Crippen LogP contribution in [-0.2, 0) is 20.5 Å². The topological polar surface area (TPSA) is 44.8 Å². The molecular formula is C14H17BO4. The number of benzene rings is 1. The summed E-state index contributed by atoms with van der Waals surface area (Å²) in [6.07, 6.45) is 0.322. The summed E-state index contributed by atoms with van der Waals surface area (Å²) in [6.45, 7) is 8.08. The molecule has 0 saturated carbocycles. The van der Waals surface area contributed by atoms with Gasteiger partial charge in [0.15, 0.2) is 0 Å². The summed E-state index contributed by atoms with van der Waals surface area (Å²) >= 11 is 0. The summed E-state index contributed by atoms with van der Waals surface area (Å²) in [4.78, 5) is 11.3. The fraction of sp³-hybridized carbons (Fsp3) is 0.500. The minimum Gasteiger partial charge on any atom is -0.426 e. The molecule has 19 heavy (non-hydrogen) atoms. The standard InChI is InChI=1S/C14H17BO4/c1-13(2)14(3,4)19-15(18-13)10-5-6-11-9(7-10)8-12(16)17-11/h5-7H,8H2,1-4H3. The zero-order chi connectivity index (χ0) is 13.8. The summed E-state index contributed by atoms with van der Waals surface area (Å²) < 4.78 is 17.1. The summed E-state index contributed by atoms with van der Waals surface area (Å²) in [5.74, 6) is 0.436. The number of carbonyl (C=O) groups is 1. The first-order valence-corrected chi connectivity index (χ1v) is 6.48. The van der Waals surface area contributed by atoms with Crippen molar-refractivity contribution < 1.29 is 18.8 Å². The monoisotopic (exact) mass is 260 g/mol. The second-order valence-electron chi connectivity index (χ2n) is 6.11. The molecule has 5 heteroatoms. The average Bonchev–Trinajstić information content (AvgIpc) is 2.74. The number of fused-ring (bicyclic) bond motifs is 1. The lowest BCUT2D eigenvalue weighted by Gasteiger charge is -2.32. The second-order valence-corrected chi connectivity index (χ2v) is 6.11. The Morgan fingerprint density at radius 2 is 1.74 bits per heavy atom. The van der Waals surface area contributed by atoms with Gasteiger partial charge in [0.05, 0.1) is 17.6 Å². The molecule has 0 bridgehead atoms. The number of carbonyl (C=O) groups excluding carboxylic acids is 1. The number of esters is 1. The van der Waals surface area contributed by atoms with E-state index >= 15 is 0 Å². The maximum Gasteiger partial charge on any atom is 0.494 e. The van der Waals surface area contributed by atoms with Gasteiger partial charge in [0.2, 0.25) is 0 Å². The van der Waals surface area contributed by atoms with Gasteiger partial charge in [-0.1, -0.05) is 12.1 Å². The van der Waals surface area contributed by atoms with Crippen LogP contribution in [0.15, 0.2) is 18.2 Å². The van der Waals surface area contributed by atoms with E-state index in [1.807, 2.05) is 39.8 Å². The molecule has 0 aliphatic carbocycles. The van der Waals surface area contributed by atoms with Crippen molar-refractivity contribution in [1.82, 2.24) is 0 Å². The van der Waals surface area contributed by atoms with E-state index in [1.165, 1.54) is 0 Å². The van der Waals surface area contributed by atoms with Gasteiger partial charge in [-0.25, -0.2) is 0 Å². The molecular weight excluding hydrogens is 243 g/mol. The van der Waals surface area contributed by atoms with Crippen molar-refractivity contribution in [2.45, 2.75) is 45.3 Å². The molecule has 1 aromatic carbocycles. The molecule has 0 unspecified atom stereocenters. The Bertz CT molecular complexity index is 534. The smallest absolute Gasteiger partial charge is 0.426 e. The first-order chi connectivity index (χ1) is 8.78. The Balaban J connectivity index is 1.90. The summed E-state index contributed by atoms with van der Waals surface area (Å²) in [7, 11) is -0.397. The molecule has 0 spiro atoms. The molecule has 1 fully saturated rings. The Kier molecular flexibility index (Phi) is 2.56. The zero-order valence-corrected chi connectivity index (χ0v) is 11.6. The third-order valence-electron chi connectivity index (χ3n) is 4.17. The zero-order valence-electron chi connectivity index (χ0n) is 11.6. The number of rotatable bonds is 1. The van der Waals surface area contributed by atoms with Crippen LogP contribution in [0.5, 0.6) is 5.75 Å². The molecule has 3 rings (SSSR count). The van der Waals surface area contributed by atoms with Crippen LogP contribution in [0.25, 0.3) is 0 Å². The van der Waals surface area contributed by atoms with Gasteiger partial charge in [-0.3, -0.25) is 4.79 Å². The van der Waals surface area contributed by atoms with Gasteiger partial charge in [0.25, 0.3) is 0 Å². The highest BCUT2D eigenvalue weighted by Crippen LogP contribution is 2.37. The lowest BCUT2D eigenvalue weighted by atomic mass is 9.78. The molecule has 2 aliphatic heterocycles. The Morgan fingerprint density at radius 1 is 1.11 bits per heavy atom. The van der Waals surface area contributed by atoms with Crippen LogP contribution in [0.4, 0.5) is 0 Å². The Morgan fingerprint density at radius 3 is 2.37 bits per heavy atom. The van der Waals surface area contributed by atoms with Gasteiger partial charge < -0.3 is 14.0 Å². The predicted molar refractivity (Wildman–Crippen MR) is 71.5 cm³/mol. The maximum absolute atomic E-state index is 11.3. The lowest BCUT2D eigenvalue weighted by molar-refractivity contribution is -0.131. The van der Waals surface area contributed by atoms with E-state index < -0.39 is 7.12 Å². The van der Waals surface area contributed by atoms with Crippen molar-refractivity contribution in [2.24, 2.45) is 0 Å². The largest absolute Gasteiger partial charge is 0.494 e. The van der Waals surface area contributed by atoms with Crippen LogP contribution in [-0.4, -0.2) is 24.3 Å². The number of hydrogen-bond donors (Lipinski definition) is 0. The normalized spacial score (nSPS) is 23.4. The van der Waals surface area contributed by atoms with Gasteiger partial charge in [-0.2, -0.15) is 0 Å². The molecule has 2 aliphatic rings. The first-order valence-electron chi connectivity index (χ1n) is 6.48. The number of ether oxygens (including phenoxy) is 1. The van der Waals surface area contributed by atoms with Gasteiger partial charge in [0, 0.05) is 5.56 Å². The SMILES string of the molecule is CC1(C)OB(c2ccc3c(c2)CC(=O)O3)OC1(C)C. The minimum absolute atomic E-state index is 0.207. The molecule has 4 nitrogen and oxygen atoms in total. The molecule has 0 atom stereocenters. The molecule has 0 N–H and O–H groups in total. The highest BCUT2D eigenvalue weighted by molar-refractivity contribution is 6.62. The van der Waals surface area contributed by atoms with Crippen LogP contribution in [0.1, 0.15) is 33.3 Å². The van der Waals surface area contributed by atoms with Gasteiger partial charge in [-0.15, -0.1) is 0 Å². The fourth-order valence-corrected chi connectivity index (χ4v) is 2.28. The summed E-state index contributed by atoms with van der Waals surface area (Å²) in [5.41, 5.74) is 1.11. The summed E-state index contributed by atoms with van der Waals surface area (Å²) in [6, 6.07) is 5.63. The molecule has 0 amide bonds. The van der Waals surface area contributed by atoms with Crippen LogP contribution >= 0.6 is 0 Å². The summed E-state index contributed by atoms with van der Waals surface area (Å²) in [5, 5.41) is 0. The Labute approximate surface area is 113 Å². The number of hydrogen-bond acceptors (Lipinski definition) is 4. The van der Waals surface area contributed by atoms with E-state index in [9.17, 15) is 4.79 Å². The highest BCUT2D eigenvalue weighted by Gasteiger charge is 2.51. The van der Waals surface area contributed by atoms with Crippen molar-refractivity contribution in [3.8, 4) is 5.75 Å². The molecule has 2 heterocycles. The van der Waals surface area contributed by atoms with E-state index in [0.717, 1.165) is 11.0 Å². The van der Waals surface area contributed by atoms with Crippen molar-refractivity contribution in [3.05, 3.63) is 23.8 Å². The van der Waals surface area contributed by atoms with Crippen molar-refractivity contribution >= 4 is 18.6 Å². The molecule has 100 valence electrons. The van der Waals surface area contributed by atoms with Crippen molar-refractivity contribution in [1.29, 1.82) is 0 Å². The van der Waals surface area contributed by atoms with Crippen molar-refractivity contribution in [3.63, 3.8) is 0 Å². The van der Waals surface area contributed by atoms with E-state index in [-0.39, 0.29) is 17.2 Å². The van der Waals surface area contributed by atoms with Gasteiger partial charge in [0.1, 0.15) is 5.75 Å². The fourth-order valence-electron chi connectivity index (χ4n) is 2.28. The van der Waals surface area contributed by atoms with Crippen LogP contribution in [0.3, 0.4) is 0 Å². The molecule has 1 saturated heterocycles. The average molecular weight is 260 g/mol.